The summed E-state index contributed by atoms with van der Waals surface area (Å²) in [7, 11) is 0. The maximum absolute atomic E-state index is 9.24. The molecule has 0 radical (unpaired) electrons. The number of aromatic nitrogens is 1. The number of aliphatic hydroxyl groups excluding tert-OH is 1. The largest absolute Gasteiger partial charge is 0.394 e. The molecule has 1 N–H and O–H groups in total. The number of aliphatic hydroxyl groups is 1. The molecule has 1 aliphatic rings. The Morgan fingerprint density at radius 2 is 2.44 bits per heavy atom. The van der Waals surface area contributed by atoms with E-state index in [0.29, 0.717) is 5.88 Å². The molecule has 0 spiro atoms. The Hall–Kier alpha value is -0.200. The minimum absolute atomic E-state index is 0.0678. The maximum Gasteiger partial charge on any atom is 0.110 e. The molecule has 1 aromatic heterocycles. The molecule has 1 aromatic rings. The van der Waals surface area contributed by atoms with Crippen molar-refractivity contribution in [3.63, 3.8) is 0 Å². The zero-order valence-corrected chi connectivity index (χ0v) is 12.2. The summed E-state index contributed by atoms with van der Waals surface area (Å²) in [5.74, 6) is 0.460. The van der Waals surface area contributed by atoms with Crippen LogP contribution >= 0.6 is 22.9 Å². The Bertz CT molecular complexity index is 388. The highest BCUT2D eigenvalue weighted by Crippen LogP contribution is 2.27. The summed E-state index contributed by atoms with van der Waals surface area (Å²) in [6, 6.07) is 0.243. The van der Waals surface area contributed by atoms with Crippen LogP contribution in [0, 0.1) is 0 Å². The van der Waals surface area contributed by atoms with Crippen LogP contribution in [0.25, 0.3) is 0 Å². The minimum atomic E-state index is -0.0938. The third-order valence-electron chi connectivity index (χ3n) is 3.17. The predicted octanol–water partition coefficient (Wildman–Crippen LogP) is 2.02. The van der Waals surface area contributed by atoms with Gasteiger partial charge in [-0.3, -0.25) is 4.90 Å². The molecule has 18 heavy (non-hydrogen) atoms. The van der Waals surface area contributed by atoms with Gasteiger partial charge in [-0.1, -0.05) is 0 Å². The fourth-order valence-electron chi connectivity index (χ4n) is 2.23. The zero-order chi connectivity index (χ0) is 13.1. The van der Waals surface area contributed by atoms with Crippen LogP contribution in [0.2, 0.25) is 0 Å². The monoisotopic (exact) mass is 290 g/mol. The van der Waals surface area contributed by atoms with Gasteiger partial charge in [-0.25, -0.2) is 4.98 Å². The van der Waals surface area contributed by atoms with Crippen molar-refractivity contribution in [1.82, 2.24) is 9.88 Å². The highest BCUT2D eigenvalue weighted by molar-refractivity contribution is 7.09. The van der Waals surface area contributed by atoms with Crippen molar-refractivity contribution >= 4 is 22.9 Å². The molecular formula is C12H19ClN2O2S. The average molecular weight is 291 g/mol. The summed E-state index contributed by atoms with van der Waals surface area (Å²) in [6.45, 7) is 5.86. The number of ether oxygens (including phenoxy) is 1. The van der Waals surface area contributed by atoms with E-state index in [4.69, 9.17) is 16.3 Å². The molecule has 0 bridgehead atoms. The van der Waals surface area contributed by atoms with Gasteiger partial charge in [0, 0.05) is 18.5 Å². The molecular weight excluding hydrogens is 272 g/mol. The van der Waals surface area contributed by atoms with E-state index in [9.17, 15) is 5.11 Å². The molecule has 0 aliphatic carbocycles. The summed E-state index contributed by atoms with van der Waals surface area (Å²) in [6.07, 6.45) is 0.0504. The minimum Gasteiger partial charge on any atom is -0.394 e. The quantitative estimate of drug-likeness (QED) is 0.862. The van der Waals surface area contributed by atoms with E-state index in [1.54, 1.807) is 11.3 Å². The fraction of sp³-hybridized carbons (Fsp3) is 0.750. The molecule has 0 saturated carbocycles. The Morgan fingerprint density at radius 1 is 1.67 bits per heavy atom. The molecule has 6 heteroatoms. The summed E-state index contributed by atoms with van der Waals surface area (Å²) in [5, 5.41) is 12.3. The van der Waals surface area contributed by atoms with Crippen LogP contribution in [-0.4, -0.2) is 46.9 Å². The molecule has 2 heterocycles. The van der Waals surface area contributed by atoms with Crippen LogP contribution in [0.3, 0.4) is 0 Å². The lowest BCUT2D eigenvalue weighted by atomic mass is 10.1. The van der Waals surface area contributed by atoms with Gasteiger partial charge in [-0.05, 0) is 13.8 Å². The normalized spacial score (nSPS) is 27.3. The van der Waals surface area contributed by atoms with Crippen LogP contribution in [0.4, 0.5) is 0 Å². The van der Waals surface area contributed by atoms with E-state index in [1.807, 2.05) is 12.3 Å². The SMILES string of the molecule is CC1CN(C(C)c2nc(CCl)cs2)CC(CO)O1. The molecule has 3 atom stereocenters. The van der Waals surface area contributed by atoms with Gasteiger partial charge >= 0.3 is 0 Å². The highest BCUT2D eigenvalue weighted by atomic mass is 35.5. The fourth-order valence-corrected chi connectivity index (χ4v) is 3.37. The molecule has 1 saturated heterocycles. The van der Waals surface area contributed by atoms with Gasteiger partial charge in [0.1, 0.15) is 5.01 Å². The zero-order valence-electron chi connectivity index (χ0n) is 10.7. The van der Waals surface area contributed by atoms with Gasteiger partial charge in [-0.2, -0.15) is 0 Å². The van der Waals surface area contributed by atoms with E-state index in [0.717, 1.165) is 23.8 Å². The van der Waals surface area contributed by atoms with Crippen molar-refractivity contribution in [1.29, 1.82) is 0 Å². The third-order valence-corrected chi connectivity index (χ3v) is 4.51. The molecule has 1 aliphatic heterocycles. The van der Waals surface area contributed by atoms with Crippen molar-refractivity contribution in [3.05, 3.63) is 16.1 Å². The second-order valence-corrected chi connectivity index (χ2v) is 5.85. The molecule has 3 unspecified atom stereocenters. The van der Waals surface area contributed by atoms with Gasteiger partial charge in [0.2, 0.25) is 0 Å². The van der Waals surface area contributed by atoms with Gasteiger partial charge in [0.25, 0.3) is 0 Å². The topological polar surface area (TPSA) is 45.6 Å². The first-order valence-corrected chi connectivity index (χ1v) is 7.56. The predicted molar refractivity (Wildman–Crippen MR) is 73.1 cm³/mol. The number of hydrogen-bond donors (Lipinski definition) is 1. The van der Waals surface area contributed by atoms with E-state index >= 15 is 0 Å². The number of thiazole rings is 1. The van der Waals surface area contributed by atoms with Crippen LogP contribution in [-0.2, 0) is 10.6 Å². The molecule has 102 valence electrons. The third kappa shape index (κ3) is 3.22. The highest BCUT2D eigenvalue weighted by Gasteiger charge is 2.29. The number of morpholine rings is 1. The smallest absolute Gasteiger partial charge is 0.110 e. The second kappa shape index (κ2) is 6.30. The number of hydrogen-bond acceptors (Lipinski definition) is 5. The summed E-state index contributed by atoms with van der Waals surface area (Å²) >= 11 is 7.42. The van der Waals surface area contributed by atoms with Crippen LogP contribution in [0.15, 0.2) is 5.38 Å². The van der Waals surface area contributed by atoms with Crippen LogP contribution < -0.4 is 0 Å². The van der Waals surface area contributed by atoms with Gasteiger partial charge < -0.3 is 9.84 Å². The molecule has 0 amide bonds. The number of rotatable bonds is 4. The number of nitrogens with zero attached hydrogens (tertiary/aromatic N) is 2. The van der Waals surface area contributed by atoms with Crippen LogP contribution in [0.1, 0.15) is 30.6 Å². The molecule has 4 nitrogen and oxygen atoms in total. The van der Waals surface area contributed by atoms with E-state index in [1.165, 1.54) is 0 Å². The van der Waals surface area contributed by atoms with Gasteiger partial charge in [0.15, 0.2) is 0 Å². The first-order valence-electron chi connectivity index (χ1n) is 6.14. The summed E-state index contributed by atoms with van der Waals surface area (Å²) in [5.41, 5.74) is 0.934. The van der Waals surface area contributed by atoms with Gasteiger partial charge in [-0.15, -0.1) is 22.9 Å². The lowest BCUT2D eigenvalue weighted by Crippen LogP contribution is -2.48. The lowest BCUT2D eigenvalue weighted by Gasteiger charge is -2.38. The maximum atomic E-state index is 9.24. The lowest BCUT2D eigenvalue weighted by molar-refractivity contribution is -0.104. The van der Waals surface area contributed by atoms with Crippen molar-refractivity contribution in [2.75, 3.05) is 19.7 Å². The van der Waals surface area contributed by atoms with Crippen LogP contribution in [0.5, 0.6) is 0 Å². The Labute approximate surface area is 117 Å². The van der Waals surface area contributed by atoms with Crippen molar-refractivity contribution in [2.45, 2.75) is 38.0 Å². The second-order valence-electron chi connectivity index (χ2n) is 4.69. The number of alkyl halides is 1. The average Bonchev–Trinajstić information content (AvgIpc) is 2.85. The molecule has 0 aromatic carbocycles. The first-order chi connectivity index (χ1) is 8.63. The van der Waals surface area contributed by atoms with E-state index in [-0.39, 0.29) is 24.9 Å². The molecule has 2 rings (SSSR count). The van der Waals surface area contributed by atoms with Gasteiger partial charge in [0.05, 0.1) is 36.4 Å². The Kier molecular flexibility index (Phi) is 4.98. The van der Waals surface area contributed by atoms with E-state index < -0.39 is 0 Å². The number of halogens is 1. The Balaban J connectivity index is 2.05. The standard InChI is InChI=1S/C12H19ClN2O2S/c1-8-4-15(5-11(6-16)17-8)9(2)12-14-10(3-13)7-18-12/h7-9,11,16H,3-6H2,1-2H3. The van der Waals surface area contributed by atoms with E-state index in [2.05, 4.69) is 16.8 Å². The van der Waals surface area contributed by atoms with Crippen molar-refractivity contribution in [3.8, 4) is 0 Å². The van der Waals surface area contributed by atoms with Crippen molar-refractivity contribution in [2.24, 2.45) is 0 Å². The van der Waals surface area contributed by atoms with Crippen molar-refractivity contribution < 1.29 is 9.84 Å². The molecule has 1 fully saturated rings. The first kappa shape index (κ1) is 14.2. The summed E-state index contributed by atoms with van der Waals surface area (Å²) in [4.78, 5) is 6.83. The Morgan fingerprint density at radius 3 is 3.06 bits per heavy atom. The summed E-state index contributed by atoms with van der Waals surface area (Å²) < 4.78 is 5.65.